The predicted octanol–water partition coefficient (Wildman–Crippen LogP) is 3.95. The third-order valence-electron chi connectivity index (χ3n) is 5.02. The summed E-state index contributed by atoms with van der Waals surface area (Å²) in [5.74, 6) is 1.72. The largest absolute Gasteiger partial charge is 0.353 e. The molecule has 1 saturated heterocycles. The summed E-state index contributed by atoms with van der Waals surface area (Å²) in [5, 5.41) is 0.506. The average molecular weight is 421 g/mol. The van der Waals surface area contributed by atoms with E-state index in [4.69, 9.17) is 11.6 Å². The zero-order chi connectivity index (χ0) is 17.4. The lowest BCUT2D eigenvalue weighted by Crippen LogP contribution is -2.49. The quantitative estimate of drug-likeness (QED) is 0.706. The van der Waals surface area contributed by atoms with Gasteiger partial charge in [0.2, 0.25) is 5.91 Å². The minimum atomic E-state index is 0.150. The first-order valence-electron chi connectivity index (χ1n) is 8.53. The van der Waals surface area contributed by atoms with Gasteiger partial charge in [0, 0.05) is 36.6 Å². The van der Waals surface area contributed by atoms with Crippen molar-refractivity contribution in [2.45, 2.75) is 12.3 Å². The van der Waals surface area contributed by atoms with Crippen LogP contribution in [0.3, 0.4) is 0 Å². The molecule has 6 heteroatoms. The number of amides is 1. The van der Waals surface area contributed by atoms with Crippen LogP contribution in [0.15, 0.2) is 46.9 Å². The number of aromatic nitrogens is 1. The zero-order valence-corrected chi connectivity index (χ0v) is 16.1. The zero-order valence-electron chi connectivity index (χ0n) is 13.7. The van der Waals surface area contributed by atoms with Crippen molar-refractivity contribution in [2.75, 3.05) is 31.1 Å². The summed E-state index contributed by atoms with van der Waals surface area (Å²) in [7, 11) is 0. The second-order valence-electron chi connectivity index (χ2n) is 6.63. The number of rotatable bonds is 3. The first-order chi connectivity index (χ1) is 12.1. The number of pyridine rings is 1. The van der Waals surface area contributed by atoms with Crippen LogP contribution in [0.1, 0.15) is 17.9 Å². The van der Waals surface area contributed by atoms with E-state index in [0.717, 1.165) is 42.9 Å². The molecule has 2 atom stereocenters. The molecular formula is C19H19BrClN3O. The van der Waals surface area contributed by atoms with Crippen LogP contribution in [-0.4, -0.2) is 42.0 Å². The topological polar surface area (TPSA) is 36.4 Å². The molecule has 4 nitrogen and oxygen atoms in total. The molecule has 1 aromatic heterocycles. The molecule has 130 valence electrons. The summed E-state index contributed by atoms with van der Waals surface area (Å²) in [6.45, 7) is 3.09. The molecule has 1 saturated carbocycles. The highest BCUT2D eigenvalue weighted by molar-refractivity contribution is 9.10. The Labute approximate surface area is 160 Å². The van der Waals surface area contributed by atoms with Crippen LogP contribution < -0.4 is 4.90 Å². The van der Waals surface area contributed by atoms with Crippen LogP contribution in [0.5, 0.6) is 0 Å². The lowest BCUT2D eigenvalue weighted by atomic mass is 10.1. The number of nitrogens with zero attached hydrogens (tertiary/aromatic N) is 3. The van der Waals surface area contributed by atoms with Crippen LogP contribution in [0.25, 0.3) is 0 Å². The van der Waals surface area contributed by atoms with E-state index in [2.05, 4.69) is 37.9 Å². The summed E-state index contributed by atoms with van der Waals surface area (Å²) in [6.07, 6.45) is 0.969. The smallest absolute Gasteiger partial charge is 0.226 e. The number of hydrogen-bond acceptors (Lipinski definition) is 3. The van der Waals surface area contributed by atoms with Crippen molar-refractivity contribution in [1.29, 1.82) is 0 Å². The molecule has 4 rings (SSSR count). The number of piperazine rings is 1. The fraction of sp³-hybridized carbons (Fsp3) is 0.368. The third kappa shape index (κ3) is 3.67. The molecular weight excluding hydrogens is 402 g/mol. The maximum atomic E-state index is 12.8. The van der Waals surface area contributed by atoms with Crippen molar-refractivity contribution in [2.24, 2.45) is 5.92 Å². The molecule has 0 spiro atoms. The molecule has 1 aromatic carbocycles. The van der Waals surface area contributed by atoms with E-state index >= 15 is 0 Å². The minimum absolute atomic E-state index is 0.150. The van der Waals surface area contributed by atoms with E-state index in [9.17, 15) is 4.79 Å². The maximum absolute atomic E-state index is 12.8. The van der Waals surface area contributed by atoms with Gasteiger partial charge in [0.15, 0.2) is 0 Å². The maximum Gasteiger partial charge on any atom is 0.226 e. The van der Waals surface area contributed by atoms with Gasteiger partial charge in [-0.15, -0.1) is 0 Å². The van der Waals surface area contributed by atoms with Crippen LogP contribution in [0.4, 0.5) is 5.82 Å². The van der Waals surface area contributed by atoms with Gasteiger partial charge in [-0.2, -0.15) is 0 Å². The van der Waals surface area contributed by atoms with Gasteiger partial charge in [-0.25, -0.2) is 4.98 Å². The molecule has 2 fully saturated rings. The fourth-order valence-electron chi connectivity index (χ4n) is 3.51. The van der Waals surface area contributed by atoms with E-state index in [1.807, 2.05) is 29.2 Å². The normalized spacial score (nSPS) is 22.8. The number of anilines is 1. The van der Waals surface area contributed by atoms with Gasteiger partial charge >= 0.3 is 0 Å². The Hall–Kier alpha value is -1.59. The van der Waals surface area contributed by atoms with Crippen molar-refractivity contribution >= 4 is 39.3 Å². The third-order valence-corrected chi connectivity index (χ3v) is 5.76. The van der Waals surface area contributed by atoms with Gasteiger partial charge in [-0.3, -0.25) is 4.79 Å². The Morgan fingerprint density at radius 2 is 1.80 bits per heavy atom. The van der Waals surface area contributed by atoms with Crippen molar-refractivity contribution in [3.63, 3.8) is 0 Å². The number of hydrogen-bond donors (Lipinski definition) is 0. The second kappa shape index (κ2) is 6.96. The molecule has 1 aliphatic heterocycles. The number of carbonyl (C=O) groups excluding carboxylic acids is 1. The molecule has 2 aliphatic rings. The van der Waals surface area contributed by atoms with E-state index in [-0.39, 0.29) is 5.92 Å². The molecule has 0 N–H and O–H groups in total. The monoisotopic (exact) mass is 419 g/mol. The summed E-state index contributed by atoms with van der Waals surface area (Å²) >= 11 is 9.43. The predicted molar refractivity (Wildman–Crippen MR) is 103 cm³/mol. The minimum Gasteiger partial charge on any atom is -0.353 e. The van der Waals surface area contributed by atoms with E-state index in [1.165, 1.54) is 5.56 Å². The van der Waals surface area contributed by atoms with E-state index in [1.54, 1.807) is 6.07 Å². The Bertz CT molecular complexity index is 774. The van der Waals surface area contributed by atoms with Crippen LogP contribution in [-0.2, 0) is 4.79 Å². The molecule has 2 heterocycles. The Morgan fingerprint density at radius 3 is 2.48 bits per heavy atom. The summed E-state index contributed by atoms with van der Waals surface area (Å²) in [6, 6.07) is 14.0. The van der Waals surface area contributed by atoms with Gasteiger partial charge in [0.1, 0.15) is 11.0 Å². The molecule has 0 bridgehead atoms. The molecule has 0 radical (unpaired) electrons. The van der Waals surface area contributed by atoms with Crippen LogP contribution in [0.2, 0.25) is 5.15 Å². The summed E-state index contributed by atoms with van der Waals surface area (Å²) in [5.41, 5.74) is 1.27. The van der Waals surface area contributed by atoms with Crippen LogP contribution in [0, 0.1) is 5.92 Å². The molecule has 1 aliphatic carbocycles. The second-order valence-corrected chi connectivity index (χ2v) is 7.93. The Balaban J connectivity index is 1.34. The van der Waals surface area contributed by atoms with E-state index in [0.29, 0.717) is 17.0 Å². The average Bonchev–Trinajstić information content (AvgIpc) is 3.43. The summed E-state index contributed by atoms with van der Waals surface area (Å²) in [4.78, 5) is 21.3. The van der Waals surface area contributed by atoms with E-state index < -0.39 is 0 Å². The van der Waals surface area contributed by atoms with Gasteiger partial charge in [0.05, 0.1) is 0 Å². The van der Waals surface area contributed by atoms with Crippen molar-refractivity contribution in [1.82, 2.24) is 9.88 Å². The van der Waals surface area contributed by atoms with Gasteiger partial charge in [-0.1, -0.05) is 45.7 Å². The van der Waals surface area contributed by atoms with Gasteiger partial charge < -0.3 is 9.80 Å². The van der Waals surface area contributed by atoms with Crippen LogP contribution >= 0.6 is 27.5 Å². The highest BCUT2D eigenvalue weighted by atomic mass is 79.9. The first kappa shape index (κ1) is 16.9. The fourth-order valence-corrected chi connectivity index (χ4v) is 3.93. The summed E-state index contributed by atoms with van der Waals surface area (Å²) < 4.78 is 1.07. The number of halogens is 2. The number of carbonyl (C=O) groups is 1. The highest BCUT2D eigenvalue weighted by Gasteiger charge is 2.46. The molecule has 1 amide bonds. The van der Waals surface area contributed by atoms with Crippen molar-refractivity contribution in [3.8, 4) is 0 Å². The molecule has 2 aromatic rings. The standard InChI is InChI=1S/C19H19BrClN3O/c20-14-6-4-13(5-7-14)15-12-16(15)19(25)24-10-8-23(9-11-24)18-3-1-2-17(21)22-18/h1-7,15-16H,8-12H2. The molecule has 25 heavy (non-hydrogen) atoms. The van der Waals surface area contributed by atoms with Crippen molar-refractivity contribution in [3.05, 3.63) is 57.7 Å². The SMILES string of the molecule is O=C(C1CC1c1ccc(Br)cc1)N1CCN(c2cccc(Cl)n2)CC1. The first-order valence-corrected chi connectivity index (χ1v) is 9.70. The van der Waals surface area contributed by atoms with Gasteiger partial charge in [-0.05, 0) is 42.2 Å². The van der Waals surface area contributed by atoms with Gasteiger partial charge in [0.25, 0.3) is 0 Å². The molecule has 2 unspecified atom stereocenters. The Morgan fingerprint density at radius 1 is 1.08 bits per heavy atom. The highest BCUT2D eigenvalue weighted by Crippen LogP contribution is 2.48. The lowest BCUT2D eigenvalue weighted by Gasteiger charge is -2.35. The number of benzene rings is 1. The van der Waals surface area contributed by atoms with Crippen molar-refractivity contribution < 1.29 is 4.79 Å². The Kier molecular flexibility index (Phi) is 4.69. The lowest BCUT2D eigenvalue weighted by molar-refractivity contribution is -0.133.